The maximum Gasteiger partial charge on any atom is 0.0336 e. The number of halogens is 1. The van der Waals surface area contributed by atoms with Crippen molar-refractivity contribution in [3.63, 3.8) is 0 Å². The van der Waals surface area contributed by atoms with E-state index in [4.69, 9.17) is 17.3 Å². The topological polar surface area (TPSA) is 26.0 Å². The highest BCUT2D eigenvalue weighted by atomic mass is 35.5. The summed E-state index contributed by atoms with van der Waals surface area (Å²) in [6, 6.07) is 20.8. The van der Waals surface area contributed by atoms with Gasteiger partial charge >= 0.3 is 0 Å². The first-order valence-electron chi connectivity index (χ1n) is 6.20. The Morgan fingerprint density at radius 3 is 1.61 bits per heavy atom. The van der Waals surface area contributed by atoms with Gasteiger partial charge in [0.2, 0.25) is 0 Å². The van der Waals surface area contributed by atoms with E-state index in [0.717, 1.165) is 6.42 Å². The van der Waals surface area contributed by atoms with Gasteiger partial charge in [0.1, 0.15) is 0 Å². The van der Waals surface area contributed by atoms with Crippen molar-refractivity contribution in [2.75, 3.05) is 12.4 Å². The average Bonchev–Trinajstić information content (AvgIpc) is 2.47. The first kappa shape index (κ1) is 13.1. The molecule has 0 unspecified atom stereocenters. The van der Waals surface area contributed by atoms with Crippen LogP contribution in [0.25, 0.3) is 0 Å². The molecule has 2 heteroatoms. The van der Waals surface area contributed by atoms with Crippen molar-refractivity contribution in [1.82, 2.24) is 0 Å². The van der Waals surface area contributed by atoms with Crippen molar-refractivity contribution in [3.8, 4) is 0 Å². The van der Waals surface area contributed by atoms with Gasteiger partial charge in [-0.3, -0.25) is 0 Å². The molecule has 1 nitrogen and oxygen atoms in total. The maximum absolute atomic E-state index is 6.10. The molecule has 0 saturated heterocycles. The molecule has 0 saturated carbocycles. The highest BCUT2D eigenvalue weighted by molar-refractivity contribution is 6.17. The zero-order valence-corrected chi connectivity index (χ0v) is 11.1. The third kappa shape index (κ3) is 2.43. The Morgan fingerprint density at radius 2 is 1.28 bits per heavy atom. The summed E-state index contributed by atoms with van der Waals surface area (Å²) in [7, 11) is 0. The van der Waals surface area contributed by atoms with Crippen LogP contribution >= 0.6 is 11.6 Å². The molecule has 2 aromatic rings. The van der Waals surface area contributed by atoms with Crippen molar-refractivity contribution >= 4 is 11.6 Å². The minimum atomic E-state index is -0.176. The summed E-state index contributed by atoms with van der Waals surface area (Å²) in [4.78, 5) is 0. The summed E-state index contributed by atoms with van der Waals surface area (Å²) >= 11 is 6.01. The second kappa shape index (κ2) is 6.03. The molecule has 0 aliphatic carbocycles. The third-order valence-corrected chi connectivity index (χ3v) is 3.71. The fraction of sp³-hybridized carbons (Fsp3) is 0.250. The molecule has 0 radical (unpaired) electrons. The highest BCUT2D eigenvalue weighted by Crippen LogP contribution is 2.35. The number of nitrogens with two attached hydrogens (primary N) is 1. The lowest BCUT2D eigenvalue weighted by atomic mass is 9.72. The van der Waals surface area contributed by atoms with Crippen LogP contribution in [0.3, 0.4) is 0 Å². The second-order valence-corrected chi connectivity index (χ2v) is 4.84. The maximum atomic E-state index is 6.10. The van der Waals surface area contributed by atoms with Crippen LogP contribution in [-0.4, -0.2) is 12.4 Å². The Labute approximate surface area is 114 Å². The third-order valence-electron chi connectivity index (χ3n) is 3.52. The van der Waals surface area contributed by atoms with E-state index < -0.39 is 0 Å². The summed E-state index contributed by atoms with van der Waals surface area (Å²) in [5.74, 6) is 0.598. The second-order valence-electron chi connectivity index (χ2n) is 4.46. The average molecular weight is 260 g/mol. The normalized spacial score (nSPS) is 11.4. The monoisotopic (exact) mass is 259 g/mol. The highest BCUT2D eigenvalue weighted by Gasteiger charge is 2.31. The van der Waals surface area contributed by atoms with Crippen molar-refractivity contribution in [1.29, 1.82) is 0 Å². The van der Waals surface area contributed by atoms with Crippen LogP contribution < -0.4 is 5.73 Å². The van der Waals surface area contributed by atoms with E-state index in [0.29, 0.717) is 12.4 Å². The molecule has 0 aliphatic heterocycles. The minimum Gasteiger partial charge on any atom is -0.329 e. The van der Waals surface area contributed by atoms with Crippen LogP contribution in [0.5, 0.6) is 0 Å². The van der Waals surface area contributed by atoms with E-state index >= 15 is 0 Å². The summed E-state index contributed by atoms with van der Waals surface area (Å²) in [6.07, 6.45) is 0.846. The molecule has 0 heterocycles. The Kier molecular flexibility index (Phi) is 4.40. The lowest BCUT2D eigenvalue weighted by Gasteiger charge is -2.33. The molecule has 94 valence electrons. The Bertz CT molecular complexity index is 427. The first-order chi connectivity index (χ1) is 8.83. The van der Waals surface area contributed by atoms with Crippen molar-refractivity contribution < 1.29 is 0 Å². The Hall–Kier alpha value is -1.31. The molecule has 2 rings (SSSR count). The molecule has 0 aliphatic rings. The molecule has 0 atom stereocenters. The summed E-state index contributed by atoms with van der Waals surface area (Å²) in [5.41, 5.74) is 8.39. The molecule has 0 bridgehead atoms. The lowest BCUT2D eigenvalue weighted by Crippen LogP contribution is -2.36. The lowest BCUT2D eigenvalue weighted by molar-refractivity contribution is 0.510. The van der Waals surface area contributed by atoms with Crippen molar-refractivity contribution in [2.45, 2.75) is 11.8 Å². The number of benzene rings is 2. The molecule has 0 amide bonds. The van der Waals surface area contributed by atoms with Gasteiger partial charge in [0.05, 0.1) is 0 Å². The van der Waals surface area contributed by atoms with Crippen LogP contribution in [0.1, 0.15) is 17.5 Å². The van der Waals surface area contributed by atoms with E-state index in [9.17, 15) is 0 Å². The van der Waals surface area contributed by atoms with Gasteiger partial charge in [-0.15, -0.1) is 11.6 Å². The molecule has 2 N–H and O–H groups in total. The van der Waals surface area contributed by atoms with Gasteiger partial charge in [0.15, 0.2) is 0 Å². The van der Waals surface area contributed by atoms with E-state index in [2.05, 4.69) is 48.5 Å². The van der Waals surface area contributed by atoms with E-state index in [1.807, 2.05) is 12.1 Å². The minimum absolute atomic E-state index is 0.176. The first-order valence-corrected chi connectivity index (χ1v) is 6.74. The van der Waals surface area contributed by atoms with Gasteiger partial charge in [-0.25, -0.2) is 0 Å². The smallest absolute Gasteiger partial charge is 0.0336 e. The molecular formula is C16H18ClN. The Morgan fingerprint density at radius 1 is 0.833 bits per heavy atom. The molecule has 0 aromatic heterocycles. The van der Waals surface area contributed by atoms with Crippen LogP contribution in [0.4, 0.5) is 0 Å². The van der Waals surface area contributed by atoms with E-state index in [1.54, 1.807) is 0 Å². The largest absolute Gasteiger partial charge is 0.329 e. The quantitative estimate of drug-likeness (QED) is 0.817. The fourth-order valence-electron chi connectivity index (χ4n) is 2.47. The van der Waals surface area contributed by atoms with Crippen molar-refractivity contribution in [3.05, 3.63) is 71.8 Å². The molecule has 18 heavy (non-hydrogen) atoms. The molecular weight excluding hydrogens is 242 g/mol. The van der Waals surface area contributed by atoms with Crippen LogP contribution in [-0.2, 0) is 5.41 Å². The van der Waals surface area contributed by atoms with Gasteiger partial charge in [0.25, 0.3) is 0 Å². The van der Waals surface area contributed by atoms with E-state index in [1.165, 1.54) is 11.1 Å². The van der Waals surface area contributed by atoms with Crippen LogP contribution in [0.2, 0.25) is 0 Å². The zero-order chi connectivity index (χ0) is 12.8. The standard InChI is InChI=1S/C16H18ClN/c17-12-11-16(13-18,14-7-3-1-4-8-14)15-9-5-2-6-10-15/h1-10H,11-13,18H2. The van der Waals surface area contributed by atoms with Gasteiger partial charge in [0, 0.05) is 17.8 Å². The fourth-order valence-corrected chi connectivity index (χ4v) is 2.79. The van der Waals surface area contributed by atoms with Gasteiger partial charge in [-0.2, -0.15) is 0 Å². The van der Waals surface area contributed by atoms with Crippen LogP contribution in [0.15, 0.2) is 60.7 Å². The van der Waals surface area contributed by atoms with Crippen LogP contribution in [0, 0.1) is 0 Å². The van der Waals surface area contributed by atoms with Crippen molar-refractivity contribution in [2.24, 2.45) is 5.73 Å². The number of rotatable bonds is 5. The zero-order valence-electron chi connectivity index (χ0n) is 10.4. The Balaban J connectivity index is 2.53. The molecule has 0 fully saturated rings. The van der Waals surface area contributed by atoms with Gasteiger partial charge in [-0.05, 0) is 17.5 Å². The summed E-state index contributed by atoms with van der Waals surface area (Å²) < 4.78 is 0. The number of hydrogen-bond acceptors (Lipinski definition) is 1. The van der Waals surface area contributed by atoms with Gasteiger partial charge in [-0.1, -0.05) is 60.7 Å². The number of hydrogen-bond donors (Lipinski definition) is 1. The molecule has 2 aromatic carbocycles. The summed E-state index contributed by atoms with van der Waals surface area (Å²) in [5, 5.41) is 0. The predicted octanol–water partition coefficient (Wildman–Crippen LogP) is 3.56. The predicted molar refractivity (Wildman–Crippen MR) is 78.1 cm³/mol. The molecule has 0 spiro atoms. The van der Waals surface area contributed by atoms with Gasteiger partial charge < -0.3 is 5.73 Å². The number of alkyl halides is 1. The SMILES string of the molecule is NCC(CCCl)(c1ccccc1)c1ccccc1. The van der Waals surface area contributed by atoms with E-state index in [-0.39, 0.29) is 5.41 Å². The summed E-state index contributed by atoms with van der Waals surface area (Å²) in [6.45, 7) is 0.563.